The molecular formula is C14H17BrClNO3S. The van der Waals surface area contributed by atoms with Crippen LogP contribution in [-0.4, -0.2) is 32.8 Å². The fourth-order valence-electron chi connectivity index (χ4n) is 2.42. The second-order valence-corrected chi connectivity index (χ2v) is 9.12. The van der Waals surface area contributed by atoms with Gasteiger partial charge in [-0.1, -0.05) is 22.9 Å². The molecule has 1 aromatic carbocycles. The Morgan fingerprint density at radius 3 is 2.52 bits per heavy atom. The SMILES string of the molecule is Cc1c(C(=O)N(C)CC2CC2C)cc(Br)cc1S(=O)(=O)Cl. The quantitative estimate of drug-likeness (QED) is 0.735. The van der Waals surface area contributed by atoms with Gasteiger partial charge in [0.05, 0.1) is 4.90 Å². The van der Waals surface area contributed by atoms with Crippen LogP contribution in [0.3, 0.4) is 0 Å². The van der Waals surface area contributed by atoms with E-state index in [4.69, 9.17) is 10.7 Å². The lowest BCUT2D eigenvalue weighted by Crippen LogP contribution is -2.30. The van der Waals surface area contributed by atoms with E-state index in [0.29, 0.717) is 34.0 Å². The number of halogens is 2. The lowest BCUT2D eigenvalue weighted by molar-refractivity contribution is 0.0786. The summed E-state index contributed by atoms with van der Waals surface area (Å²) in [6.45, 7) is 4.45. The molecule has 0 aliphatic heterocycles. The summed E-state index contributed by atoms with van der Waals surface area (Å²) in [6, 6.07) is 3.05. The van der Waals surface area contributed by atoms with Gasteiger partial charge in [0.25, 0.3) is 15.0 Å². The monoisotopic (exact) mass is 393 g/mol. The molecular weight excluding hydrogens is 378 g/mol. The highest BCUT2D eigenvalue weighted by molar-refractivity contribution is 9.10. The summed E-state index contributed by atoms with van der Waals surface area (Å²) in [6.07, 6.45) is 1.14. The van der Waals surface area contributed by atoms with Gasteiger partial charge >= 0.3 is 0 Å². The molecule has 0 bridgehead atoms. The van der Waals surface area contributed by atoms with Crippen molar-refractivity contribution in [3.63, 3.8) is 0 Å². The predicted octanol–water partition coefficient (Wildman–Crippen LogP) is 3.41. The maximum atomic E-state index is 12.5. The van der Waals surface area contributed by atoms with E-state index < -0.39 is 9.05 Å². The third kappa shape index (κ3) is 3.79. The summed E-state index contributed by atoms with van der Waals surface area (Å²) in [4.78, 5) is 14.1. The van der Waals surface area contributed by atoms with Crippen LogP contribution in [0.2, 0.25) is 0 Å². The average molecular weight is 395 g/mol. The van der Waals surface area contributed by atoms with Crippen LogP contribution >= 0.6 is 26.6 Å². The molecule has 0 aromatic heterocycles. The minimum atomic E-state index is -3.89. The van der Waals surface area contributed by atoms with Gasteiger partial charge in [0, 0.05) is 34.3 Å². The van der Waals surface area contributed by atoms with Gasteiger partial charge in [-0.15, -0.1) is 0 Å². The first kappa shape index (κ1) is 16.8. The molecule has 116 valence electrons. The third-order valence-electron chi connectivity index (χ3n) is 3.95. The van der Waals surface area contributed by atoms with E-state index >= 15 is 0 Å². The molecule has 7 heteroatoms. The van der Waals surface area contributed by atoms with Crippen LogP contribution in [-0.2, 0) is 9.05 Å². The number of carbonyl (C=O) groups excluding carboxylic acids is 1. The molecule has 0 spiro atoms. The molecule has 1 aliphatic carbocycles. The Morgan fingerprint density at radius 1 is 1.48 bits per heavy atom. The van der Waals surface area contributed by atoms with Crippen molar-refractivity contribution in [3.8, 4) is 0 Å². The second kappa shape index (κ2) is 5.89. The topological polar surface area (TPSA) is 54.5 Å². The van der Waals surface area contributed by atoms with E-state index in [2.05, 4.69) is 22.9 Å². The number of rotatable bonds is 4. The Labute approximate surface area is 138 Å². The highest BCUT2D eigenvalue weighted by Gasteiger charge is 2.34. The molecule has 2 unspecified atom stereocenters. The van der Waals surface area contributed by atoms with Crippen molar-refractivity contribution in [1.29, 1.82) is 0 Å². The van der Waals surface area contributed by atoms with Crippen LogP contribution in [0.25, 0.3) is 0 Å². The number of carbonyl (C=O) groups is 1. The Bertz CT molecular complexity index is 690. The zero-order valence-corrected chi connectivity index (χ0v) is 15.2. The first-order chi connectivity index (χ1) is 9.61. The smallest absolute Gasteiger partial charge is 0.261 e. The number of hydrogen-bond acceptors (Lipinski definition) is 3. The number of benzene rings is 1. The van der Waals surface area contributed by atoms with Crippen LogP contribution in [0, 0.1) is 18.8 Å². The first-order valence-corrected chi connectivity index (χ1v) is 9.71. The maximum absolute atomic E-state index is 12.5. The van der Waals surface area contributed by atoms with E-state index in [0.717, 1.165) is 6.42 Å². The van der Waals surface area contributed by atoms with Gasteiger partial charge in [0.1, 0.15) is 0 Å². The minimum absolute atomic E-state index is 0.0323. The third-order valence-corrected chi connectivity index (χ3v) is 5.86. The second-order valence-electron chi connectivity index (χ2n) is 5.67. The molecule has 1 fully saturated rings. The molecule has 1 amide bonds. The Morgan fingerprint density at radius 2 is 2.05 bits per heavy atom. The van der Waals surface area contributed by atoms with Crippen LogP contribution in [0.15, 0.2) is 21.5 Å². The summed E-state index contributed by atoms with van der Waals surface area (Å²) in [5, 5.41) is 0. The fourth-order valence-corrected chi connectivity index (χ4v) is 4.26. The van der Waals surface area contributed by atoms with Gasteiger partial charge in [-0.2, -0.15) is 0 Å². The summed E-state index contributed by atoms with van der Waals surface area (Å²) in [7, 11) is 3.28. The molecule has 0 heterocycles. The molecule has 2 rings (SSSR count). The molecule has 1 saturated carbocycles. The molecule has 1 aromatic rings. The summed E-state index contributed by atoms with van der Waals surface area (Å²) >= 11 is 3.24. The standard InChI is InChI=1S/C14H17BrClNO3S/c1-8-4-10(8)7-17(3)14(18)12-5-11(15)6-13(9(12)2)21(16,19)20/h5-6,8,10H,4,7H2,1-3H3. The van der Waals surface area contributed by atoms with E-state index in [1.807, 2.05) is 0 Å². The maximum Gasteiger partial charge on any atom is 0.261 e. The Hall–Kier alpha value is -0.590. The molecule has 0 saturated heterocycles. The van der Waals surface area contributed by atoms with Crippen molar-refractivity contribution in [2.45, 2.75) is 25.2 Å². The predicted molar refractivity (Wildman–Crippen MR) is 86.1 cm³/mol. The zero-order valence-electron chi connectivity index (χ0n) is 12.1. The van der Waals surface area contributed by atoms with Crippen LogP contribution in [0.4, 0.5) is 0 Å². The highest BCUT2D eigenvalue weighted by Crippen LogP contribution is 2.38. The highest BCUT2D eigenvalue weighted by atomic mass is 79.9. The van der Waals surface area contributed by atoms with E-state index in [1.54, 1.807) is 24.9 Å². The number of amides is 1. The number of nitrogens with zero attached hydrogens (tertiary/aromatic N) is 1. The molecule has 2 atom stereocenters. The first-order valence-electron chi connectivity index (χ1n) is 6.61. The minimum Gasteiger partial charge on any atom is -0.341 e. The van der Waals surface area contributed by atoms with Crippen molar-refractivity contribution in [2.24, 2.45) is 11.8 Å². The largest absolute Gasteiger partial charge is 0.341 e. The van der Waals surface area contributed by atoms with Crippen LogP contribution < -0.4 is 0 Å². The van der Waals surface area contributed by atoms with Gasteiger partial charge < -0.3 is 4.90 Å². The van der Waals surface area contributed by atoms with Crippen LogP contribution in [0.1, 0.15) is 29.3 Å². The summed E-state index contributed by atoms with van der Waals surface area (Å²) in [5.41, 5.74) is 0.744. The van der Waals surface area contributed by atoms with Crippen LogP contribution in [0.5, 0.6) is 0 Å². The van der Waals surface area contributed by atoms with Gasteiger partial charge in [-0.05, 0) is 42.9 Å². The number of hydrogen-bond donors (Lipinski definition) is 0. The van der Waals surface area contributed by atoms with E-state index in [9.17, 15) is 13.2 Å². The zero-order chi connectivity index (χ0) is 15.9. The normalized spacial score (nSPS) is 21.2. The molecule has 4 nitrogen and oxygen atoms in total. The Balaban J connectivity index is 2.34. The molecule has 1 aliphatic rings. The van der Waals surface area contributed by atoms with Gasteiger partial charge in [0.15, 0.2) is 0 Å². The van der Waals surface area contributed by atoms with Crippen molar-refractivity contribution in [3.05, 3.63) is 27.7 Å². The van der Waals surface area contributed by atoms with Crippen molar-refractivity contribution >= 4 is 41.6 Å². The lowest BCUT2D eigenvalue weighted by atomic mass is 10.1. The van der Waals surface area contributed by atoms with Crippen molar-refractivity contribution in [1.82, 2.24) is 4.90 Å². The van der Waals surface area contributed by atoms with E-state index in [1.165, 1.54) is 6.07 Å². The average Bonchev–Trinajstić information content (AvgIpc) is 3.05. The molecule has 0 radical (unpaired) electrons. The summed E-state index contributed by atoms with van der Waals surface area (Å²) < 4.78 is 23.7. The fraction of sp³-hybridized carbons (Fsp3) is 0.500. The molecule has 0 N–H and O–H groups in total. The van der Waals surface area contributed by atoms with Gasteiger partial charge in [-0.25, -0.2) is 8.42 Å². The van der Waals surface area contributed by atoms with Gasteiger partial charge in [0.2, 0.25) is 0 Å². The van der Waals surface area contributed by atoms with Crippen molar-refractivity contribution in [2.75, 3.05) is 13.6 Å². The van der Waals surface area contributed by atoms with Crippen molar-refractivity contribution < 1.29 is 13.2 Å². The van der Waals surface area contributed by atoms with Gasteiger partial charge in [-0.3, -0.25) is 4.79 Å². The lowest BCUT2D eigenvalue weighted by Gasteiger charge is -2.19. The van der Waals surface area contributed by atoms with E-state index in [-0.39, 0.29) is 10.8 Å². The molecule has 21 heavy (non-hydrogen) atoms. The summed E-state index contributed by atoms with van der Waals surface area (Å²) in [5.74, 6) is 1.01. The Kier molecular flexibility index (Phi) is 4.71.